The Balaban J connectivity index is 2.51. The minimum Gasteiger partial charge on any atom is -0.362 e. The number of H-pyrrole nitrogens is 1. The predicted molar refractivity (Wildman–Crippen MR) is 64.6 cm³/mol. The number of hydrogen-bond acceptors (Lipinski definition) is 2. The van der Waals surface area contributed by atoms with Crippen LogP contribution in [0.5, 0.6) is 0 Å². The Kier molecular flexibility index (Phi) is 4.12. The molecule has 0 bridgehead atoms. The first-order chi connectivity index (χ1) is 7.33. The lowest BCUT2D eigenvalue weighted by Crippen LogP contribution is -2.36. The topological polar surface area (TPSA) is 65.2 Å². The Bertz CT molecular complexity index is 449. The first-order valence-corrected chi connectivity index (χ1v) is 6.59. The lowest BCUT2D eigenvalue weighted by molar-refractivity contribution is 0.506. The Hall–Kier alpha value is -0.850. The van der Waals surface area contributed by atoms with Crippen LogP contribution < -0.4 is 4.72 Å². The number of aryl methyl sites for hydroxylation is 2. The van der Waals surface area contributed by atoms with Gasteiger partial charge < -0.3 is 4.98 Å². The number of nitrogens with zero attached hydrogens (tertiary/aromatic N) is 1. The average Bonchev–Trinajstić information content (AvgIpc) is 2.44. The van der Waals surface area contributed by atoms with Crippen molar-refractivity contribution in [2.75, 3.05) is 20.6 Å². The molecule has 0 fully saturated rings. The van der Waals surface area contributed by atoms with E-state index in [0.717, 1.165) is 17.0 Å². The molecule has 0 amide bonds. The third-order valence-corrected chi connectivity index (χ3v) is 3.95. The number of aromatic nitrogens is 1. The van der Waals surface area contributed by atoms with Crippen LogP contribution in [-0.4, -0.2) is 38.3 Å². The summed E-state index contributed by atoms with van der Waals surface area (Å²) in [6.45, 7) is 4.39. The van der Waals surface area contributed by atoms with E-state index in [1.807, 2.05) is 19.9 Å². The van der Waals surface area contributed by atoms with Gasteiger partial charge in [0.05, 0.1) is 0 Å². The molecular formula is C10H19N3O2S. The molecule has 92 valence electrons. The summed E-state index contributed by atoms with van der Waals surface area (Å²) in [7, 11) is -0.285. The number of nitrogens with one attached hydrogen (secondary N) is 2. The van der Waals surface area contributed by atoms with Crippen molar-refractivity contribution in [1.29, 1.82) is 0 Å². The molecule has 0 aliphatic carbocycles. The van der Waals surface area contributed by atoms with E-state index in [4.69, 9.17) is 0 Å². The zero-order valence-electron chi connectivity index (χ0n) is 10.2. The van der Waals surface area contributed by atoms with E-state index in [1.54, 1.807) is 0 Å². The molecule has 0 spiro atoms. The van der Waals surface area contributed by atoms with Crippen LogP contribution in [0, 0.1) is 13.8 Å². The van der Waals surface area contributed by atoms with Crippen LogP contribution in [0.4, 0.5) is 0 Å². The van der Waals surface area contributed by atoms with E-state index in [0.29, 0.717) is 13.0 Å². The van der Waals surface area contributed by atoms with Crippen LogP contribution in [0.25, 0.3) is 0 Å². The summed E-state index contributed by atoms with van der Waals surface area (Å²) >= 11 is 0. The fraction of sp³-hybridized carbons (Fsp3) is 0.600. The lowest BCUT2D eigenvalue weighted by atomic mass is 10.2. The molecule has 1 rings (SSSR count). The summed E-state index contributed by atoms with van der Waals surface area (Å²) < 4.78 is 26.5. The Labute approximate surface area is 97.0 Å². The molecule has 1 heterocycles. The second-order valence-corrected chi connectivity index (χ2v) is 6.00. The van der Waals surface area contributed by atoms with Crippen molar-refractivity contribution < 1.29 is 8.42 Å². The standard InChI is InChI=1S/C10H19N3O2S/c1-8-7-10(9(2)12-8)5-6-11-16(14,15)13(3)4/h7,11-12H,5-6H2,1-4H3. The highest BCUT2D eigenvalue weighted by molar-refractivity contribution is 7.87. The SMILES string of the molecule is Cc1cc(CCNS(=O)(=O)N(C)C)c(C)[nH]1. The van der Waals surface area contributed by atoms with E-state index in [2.05, 4.69) is 9.71 Å². The van der Waals surface area contributed by atoms with Gasteiger partial charge in [0.25, 0.3) is 10.2 Å². The Morgan fingerprint density at radius 2 is 2.00 bits per heavy atom. The summed E-state index contributed by atoms with van der Waals surface area (Å²) in [5, 5.41) is 0. The van der Waals surface area contributed by atoms with Crippen molar-refractivity contribution >= 4 is 10.2 Å². The molecule has 0 aromatic carbocycles. The fourth-order valence-electron chi connectivity index (χ4n) is 1.49. The lowest BCUT2D eigenvalue weighted by Gasteiger charge is -2.11. The van der Waals surface area contributed by atoms with Crippen LogP contribution >= 0.6 is 0 Å². The summed E-state index contributed by atoms with van der Waals surface area (Å²) in [6.07, 6.45) is 0.698. The zero-order chi connectivity index (χ0) is 12.3. The molecule has 0 atom stereocenters. The van der Waals surface area contributed by atoms with Gasteiger partial charge in [0, 0.05) is 32.0 Å². The third-order valence-electron chi connectivity index (χ3n) is 2.42. The molecule has 0 aliphatic rings. The minimum absolute atomic E-state index is 0.415. The summed E-state index contributed by atoms with van der Waals surface area (Å²) in [6, 6.07) is 2.04. The maximum Gasteiger partial charge on any atom is 0.278 e. The predicted octanol–water partition coefficient (Wildman–Crippen LogP) is 0.570. The van der Waals surface area contributed by atoms with E-state index in [-0.39, 0.29) is 0 Å². The number of aromatic amines is 1. The van der Waals surface area contributed by atoms with E-state index in [1.165, 1.54) is 18.4 Å². The summed E-state index contributed by atoms with van der Waals surface area (Å²) in [5.74, 6) is 0. The molecule has 0 aliphatic heterocycles. The molecule has 0 saturated heterocycles. The van der Waals surface area contributed by atoms with Gasteiger partial charge in [0.2, 0.25) is 0 Å². The van der Waals surface area contributed by atoms with Gasteiger partial charge >= 0.3 is 0 Å². The van der Waals surface area contributed by atoms with Crippen molar-refractivity contribution in [1.82, 2.24) is 14.0 Å². The van der Waals surface area contributed by atoms with Crippen LogP contribution in [0.3, 0.4) is 0 Å². The van der Waals surface area contributed by atoms with Gasteiger partial charge in [-0.05, 0) is 31.9 Å². The molecule has 0 saturated carbocycles. The van der Waals surface area contributed by atoms with E-state index < -0.39 is 10.2 Å². The van der Waals surface area contributed by atoms with Crippen LogP contribution in [-0.2, 0) is 16.6 Å². The van der Waals surface area contributed by atoms with Crippen molar-refractivity contribution in [3.63, 3.8) is 0 Å². The second kappa shape index (κ2) is 4.99. The first kappa shape index (κ1) is 13.2. The van der Waals surface area contributed by atoms with Gasteiger partial charge in [-0.25, -0.2) is 4.72 Å². The average molecular weight is 245 g/mol. The third kappa shape index (κ3) is 3.33. The molecule has 16 heavy (non-hydrogen) atoms. The Morgan fingerprint density at radius 3 is 2.44 bits per heavy atom. The van der Waals surface area contributed by atoms with Crippen molar-refractivity contribution in [3.05, 3.63) is 23.0 Å². The van der Waals surface area contributed by atoms with Gasteiger partial charge in [-0.1, -0.05) is 0 Å². The highest BCUT2D eigenvalue weighted by Crippen LogP contribution is 2.09. The quantitative estimate of drug-likeness (QED) is 0.796. The molecule has 2 N–H and O–H groups in total. The van der Waals surface area contributed by atoms with Crippen molar-refractivity contribution in [2.24, 2.45) is 0 Å². The second-order valence-electron chi connectivity index (χ2n) is 4.03. The molecule has 0 unspecified atom stereocenters. The normalized spacial score (nSPS) is 12.3. The molecule has 5 nitrogen and oxygen atoms in total. The molecule has 6 heteroatoms. The highest BCUT2D eigenvalue weighted by atomic mass is 32.2. The number of rotatable bonds is 5. The highest BCUT2D eigenvalue weighted by Gasteiger charge is 2.12. The molecule has 1 aromatic heterocycles. The first-order valence-electron chi connectivity index (χ1n) is 5.15. The Morgan fingerprint density at radius 1 is 1.38 bits per heavy atom. The number of hydrogen-bond donors (Lipinski definition) is 2. The van der Waals surface area contributed by atoms with Crippen molar-refractivity contribution in [2.45, 2.75) is 20.3 Å². The van der Waals surface area contributed by atoms with Gasteiger partial charge in [0.15, 0.2) is 0 Å². The van der Waals surface area contributed by atoms with Gasteiger partial charge in [-0.15, -0.1) is 0 Å². The maximum absolute atomic E-state index is 11.4. The zero-order valence-corrected chi connectivity index (χ0v) is 11.0. The van der Waals surface area contributed by atoms with Crippen LogP contribution in [0.15, 0.2) is 6.07 Å². The molecule has 1 aromatic rings. The maximum atomic E-state index is 11.4. The fourth-order valence-corrected chi connectivity index (χ4v) is 2.10. The largest absolute Gasteiger partial charge is 0.362 e. The smallest absolute Gasteiger partial charge is 0.278 e. The molecular weight excluding hydrogens is 226 g/mol. The summed E-state index contributed by atoms with van der Waals surface area (Å²) in [5.41, 5.74) is 3.35. The van der Waals surface area contributed by atoms with E-state index >= 15 is 0 Å². The minimum atomic E-state index is -3.30. The van der Waals surface area contributed by atoms with Crippen molar-refractivity contribution in [3.8, 4) is 0 Å². The molecule has 0 radical (unpaired) electrons. The summed E-state index contributed by atoms with van der Waals surface area (Å²) in [4.78, 5) is 3.19. The van der Waals surface area contributed by atoms with Gasteiger partial charge in [0.1, 0.15) is 0 Å². The van der Waals surface area contributed by atoms with Crippen LogP contribution in [0.1, 0.15) is 17.0 Å². The van der Waals surface area contributed by atoms with E-state index in [9.17, 15) is 8.42 Å². The monoisotopic (exact) mass is 245 g/mol. The van der Waals surface area contributed by atoms with Gasteiger partial charge in [-0.2, -0.15) is 12.7 Å². The van der Waals surface area contributed by atoms with Gasteiger partial charge in [-0.3, -0.25) is 0 Å². The van der Waals surface area contributed by atoms with Crippen LogP contribution in [0.2, 0.25) is 0 Å².